The van der Waals surface area contributed by atoms with Gasteiger partial charge in [-0.15, -0.1) is 0 Å². The second-order valence-electron chi connectivity index (χ2n) is 7.88. The van der Waals surface area contributed by atoms with Gasteiger partial charge in [0, 0.05) is 13.1 Å². The van der Waals surface area contributed by atoms with Crippen molar-refractivity contribution in [3.8, 4) is 5.75 Å². The van der Waals surface area contributed by atoms with Gasteiger partial charge in [0.15, 0.2) is 0 Å². The molecule has 0 aromatic heterocycles. The number of hydrogen-bond acceptors (Lipinski definition) is 5. The molecular weight excluding hydrogens is 523 g/mol. The summed E-state index contributed by atoms with van der Waals surface area (Å²) in [6.45, 7) is 2.47. The molecule has 0 spiro atoms. The van der Waals surface area contributed by atoms with Crippen LogP contribution in [0.15, 0.2) is 42.5 Å². The average Bonchev–Trinajstić information content (AvgIpc) is 2.79. The number of carbonyl (C=O) groups is 2. The highest BCUT2D eigenvalue weighted by molar-refractivity contribution is 7.92. The fraction of sp³-hybridized carbons (Fsp3) is 0.391. The molecule has 0 saturated carbocycles. The number of halogens is 4. The molecule has 1 atom stereocenters. The molecule has 2 aromatic rings. The number of carbonyl (C=O) groups excluding carboxylic acids is 2. The van der Waals surface area contributed by atoms with Crippen LogP contribution in [0, 0.1) is 0 Å². The molecule has 8 nitrogen and oxygen atoms in total. The number of benzene rings is 2. The number of nitrogens with zero attached hydrogens (tertiary/aromatic N) is 2. The first-order valence-corrected chi connectivity index (χ1v) is 13.0. The lowest BCUT2D eigenvalue weighted by atomic mass is 10.1. The summed E-state index contributed by atoms with van der Waals surface area (Å²) in [5, 5.41) is 2.31. The predicted molar refractivity (Wildman–Crippen MR) is 130 cm³/mol. The highest BCUT2D eigenvalue weighted by Crippen LogP contribution is 2.36. The number of likely N-dealkylation sites (N-methyl/N-ethyl adjacent to an activating group) is 1. The van der Waals surface area contributed by atoms with Crippen molar-refractivity contribution >= 4 is 39.1 Å². The number of rotatable bonds is 10. The molecule has 0 aliphatic rings. The van der Waals surface area contributed by atoms with Gasteiger partial charge in [-0.2, -0.15) is 13.2 Å². The fourth-order valence-electron chi connectivity index (χ4n) is 3.35. The van der Waals surface area contributed by atoms with Crippen molar-refractivity contribution in [1.29, 1.82) is 0 Å². The molecule has 1 N–H and O–H groups in total. The van der Waals surface area contributed by atoms with E-state index in [1.54, 1.807) is 31.2 Å². The number of nitrogens with one attached hydrogen (secondary N) is 1. The van der Waals surface area contributed by atoms with Gasteiger partial charge in [-0.25, -0.2) is 8.42 Å². The molecule has 0 radical (unpaired) electrons. The standard InChI is InChI=1S/C23H27ClF3N3O5S/c1-5-28-22(32)15(2)29(13-16-7-6-8-18(11-16)35-3)21(31)14-30(36(4,33)34)20-12-17(23(25,26)27)9-10-19(20)24/h6-12,15H,5,13-14H2,1-4H3,(H,28,32). The van der Waals surface area contributed by atoms with Gasteiger partial charge in [-0.1, -0.05) is 23.7 Å². The van der Waals surface area contributed by atoms with Crippen LogP contribution < -0.4 is 14.4 Å². The van der Waals surface area contributed by atoms with Gasteiger partial charge in [-0.05, 0) is 49.7 Å². The third-order valence-corrected chi connectivity index (χ3v) is 6.67. The van der Waals surface area contributed by atoms with Gasteiger partial charge >= 0.3 is 6.18 Å². The molecule has 13 heteroatoms. The predicted octanol–water partition coefficient (Wildman–Crippen LogP) is 3.69. The van der Waals surface area contributed by atoms with E-state index in [0.717, 1.165) is 17.2 Å². The average molecular weight is 550 g/mol. The van der Waals surface area contributed by atoms with Crippen LogP contribution in [-0.4, -0.2) is 57.6 Å². The maximum absolute atomic E-state index is 13.4. The molecule has 36 heavy (non-hydrogen) atoms. The number of hydrogen-bond donors (Lipinski definition) is 1. The minimum atomic E-state index is -4.77. The molecule has 1 unspecified atom stereocenters. The Morgan fingerprint density at radius 1 is 1.17 bits per heavy atom. The Kier molecular flexibility index (Phi) is 9.61. The van der Waals surface area contributed by atoms with Gasteiger partial charge in [0.05, 0.1) is 29.6 Å². The Hall–Kier alpha value is -2.99. The molecule has 2 rings (SSSR count). The van der Waals surface area contributed by atoms with Crippen molar-refractivity contribution in [1.82, 2.24) is 10.2 Å². The number of alkyl halides is 3. The topological polar surface area (TPSA) is 96.0 Å². The lowest BCUT2D eigenvalue weighted by Gasteiger charge is -2.31. The summed E-state index contributed by atoms with van der Waals surface area (Å²) >= 11 is 6.05. The summed E-state index contributed by atoms with van der Waals surface area (Å²) in [6, 6.07) is 7.85. The minimum Gasteiger partial charge on any atom is -0.497 e. The quantitative estimate of drug-likeness (QED) is 0.488. The molecule has 0 saturated heterocycles. The Balaban J connectivity index is 2.50. The number of methoxy groups -OCH3 is 1. The van der Waals surface area contributed by atoms with Crippen molar-refractivity contribution in [2.24, 2.45) is 0 Å². The number of amides is 2. The zero-order chi connectivity index (χ0) is 27.3. The molecule has 0 fully saturated rings. The summed E-state index contributed by atoms with van der Waals surface area (Å²) < 4.78 is 70.7. The van der Waals surface area contributed by atoms with Gasteiger partial charge in [-0.3, -0.25) is 13.9 Å². The summed E-state index contributed by atoms with van der Waals surface area (Å²) in [6.07, 6.45) is -4.02. The molecule has 198 valence electrons. The van der Waals surface area contributed by atoms with Crippen LogP contribution in [0.1, 0.15) is 25.0 Å². The lowest BCUT2D eigenvalue weighted by molar-refractivity contribution is -0.139. The van der Waals surface area contributed by atoms with Crippen molar-refractivity contribution < 1.29 is 35.9 Å². The third kappa shape index (κ3) is 7.50. The first-order chi connectivity index (χ1) is 16.7. The van der Waals surface area contributed by atoms with E-state index < -0.39 is 51.9 Å². The molecule has 0 aliphatic carbocycles. The van der Waals surface area contributed by atoms with Gasteiger partial charge in [0.25, 0.3) is 0 Å². The van der Waals surface area contributed by atoms with Gasteiger partial charge < -0.3 is 15.0 Å². The van der Waals surface area contributed by atoms with Crippen LogP contribution in [0.25, 0.3) is 0 Å². The first kappa shape index (κ1) is 29.2. The second kappa shape index (κ2) is 11.8. The Labute approximate surface area is 213 Å². The van der Waals surface area contributed by atoms with Gasteiger partial charge in [0.1, 0.15) is 18.3 Å². The zero-order valence-electron chi connectivity index (χ0n) is 20.1. The Morgan fingerprint density at radius 2 is 1.83 bits per heavy atom. The smallest absolute Gasteiger partial charge is 0.416 e. The number of sulfonamides is 1. The van der Waals surface area contributed by atoms with E-state index >= 15 is 0 Å². The summed E-state index contributed by atoms with van der Waals surface area (Å²) in [4.78, 5) is 27.1. The maximum Gasteiger partial charge on any atom is 0.416 e. The van der Waals surface area contributed by atoms with Gasteiger partial charge in [0.2, 0.25) is 21.8 Å². The zero-order valence-corrected chi connectivity index (χ0v) is 21.7. The second-order valence-corrected chi connectivity index (χ2v) is 10.2. The van der Waals surface area contributed by atoms with E-state index in [4.69, 9.17) is 16.3 Å². The van der Waals surface area contributed by atoms with Crippen LogP contribution in [0.3, 0.4) is 0 Å². The maximum atomic E-state index is 13.4. The van der Waals surface area contributed by atoms with Crippen LogP contribution in [-0.2, 0) is 32.3 Å². The SMILES string of the molecule is CCNC(=O)C(C)N(Cc1cccc(OC)c1)C(=O)CN(c1cc(C(F)(F)F)ccc1Cl)S(C)(=O)=O. The van der Waals surface area contributed by atoms with E-state index in [9.17, 15) is 31.2 Å². The van der Waals surface area contributed by atoms with Crippen molar-refractivity contribution in [2.45, 2.75) is 32.6 Å². The van der Waals surface area contributed by atoms with Crippen LogP contribution >= 0.6 is 11.6 Å². The largest absolute Gasteiger partial charge is 0.497 e. The van der Waals surface area contributed by atoms with Crippen molar-refractivity contribution in [3.05, 3.63) is 58.6 Å². The van der Waals surface area contributed by atoms with E-state index in [-0.39, 0.29) is 11.6 Å². The van der Waals surface area contributed by atoms with E-state index in [2.05, 4.69) is 5.32 Å². The molecule has 0 heterocycles. The van der Waals surface area contributed by atoms with Crippen LogP contribution in [0.5, 0.6) is 5.75 Å². The number of ether oxygens (including phenoxy) is 1. The minimum absolute atomic E-state index is 0.0950. The van der Waals surface area contributed by atoms with Crippen LogP contribution in [0.2, 0.25) is 5.02 Å². The third-order valence-electron chi connectivity index (χ3n) is 5.23. The summed E-state index contributed by atoms with van der Waals surface area (Å²) in [5.41, 5.74) is -1.05. The molecule has 2 aromatic carbocycles. The van der Waals surface area contributed by atoms with E-state index in [0.29, 0.717) is 34.3 Å². The molecule has 0 bridgehead atoms. The monoisotopic (exact) mass is 549 g/mol. The molecular formula is C23H27ClF3N3O5S. The highest BCUT2D eigenvalue weighted by atomic mass is 35.5. The Bertz CT molecular complexity index is 1210. The summed E-state index contributed by atoms with van der Waals surface area (Å²) in [7, 11) is -2.80. The summed E-state index contributed by atoms with van der Waals surface area (Å²) in [5.74, 6) is -0.814. The first-order valence-electron chi connectivity index (χ1n) is 10.7. The molecule has 0 aliphatic heterocycles. The van der Waals surface area contributed by atoms with E-state index in [1.807, 2.05) is 0 Å². The van der Waals surface area contributed by atoms with E-state index in [1.165, 1.54) is 14.0 Å². The normalized spacial score (nSPS) is 12.6. The van der Waals surface area contributed by atoms with Crippen molar-refractivity contribution in [2.75, 3.05) is 30.8 Å². The lowest BCUT2D eigenvalue weighted by Crippen LogP contribution is -2.51. The molecule has 2 amide bonds. The fourth-order valence-corrected chi connectivity index (χ4v) is 4.47. The number of anilines is 1. The van der Waals surface area contributed by atoms with Crippen LogP contribution in [0.4, 0.5) is 18.9 Å². The van der Waals surface area contributed by atoms with Crippen molar-refractivity contribution in [3.63, 3.8) is 0 Å². The Morgan fingerprint density at radius 3 is 2.39 bits per heavy atom. The highest BCUT2D eigenvalue weighted by Gasteiger charge is 2.34.